The van der Waals surface area contributed by atoms with E-state index in [1.807, 2.05) is 12.1 Å². The molecule has 1 N–H and O–H groups in total. The van der Waals surface area contributed by atoms with Crippen molar-refractivity contribution in [2.24, 2.45) is 16.8 Å². The lowest BCUT2D eigenvalue weighted by molar-refractivity contribution is -0.135. The third-order valence-electron chi connectivity index (χ3n) is 6.04. The van der Waals surface area contributed by atoms with Gasteiger partial charge < -0.3 is 24.3 Å². The van der Waals surface area contributed by atoms with E-state index in [2.05, 4.69) is 33.9 Å². The van der Waals surface area contributed by atoms with Gasteiger partial charge in [0.1, 0.15) is 5.76 Å². The predicted octanol–water partition coefficient (Wildman–Crippen LogP) is 1.54. The molecule has 0 aromatic carbocycles. The molecule has 8 nitrogen and oxygen atoms in total. The lowest BCUT2D eigenvalue weighted by Crippen LogP contribution is -2.55. The van der Waals surface area contributed by atoms with Crippen LogP contribution in [-0.4, -0.2) is 99.2 Å². The maximum atomic E-state index is 12.8. The van der Waals surface area contributed by atoms with E-state index in [-0.39, 0.29) is 5.91 Å². The van der Waals surface area contributed by atoms with Crippen LogP contribution in [0.5, 0.6) is 0 Å². The van der Waals surface area contributed by atoms with Gasteiger partial charge in [-0.25, -0.2) is 0 Å². The summed E-state index contributed by atoms with van der Waals surface area (Å²) in [5, 5.41) is 3.47. The van der Waals surface area contributed by atoms with E-state index in [0.717, 1.165) is 64.0 Å². The van der Waals surface area contributed by atoms with E-state index < -0.39 is 0 Å². The highest BCUT2D eigenvalue weighted by atomic mass is 16.5. The summed E-state index contributed by atoms with van der Waals surface area (Å²) in [6.45, 7) is 12.3. The van der Waals surface area contributed by atoms with Crippen molar-refractivity contribution in [3.8, 4) is 0 Å². The van der Waals surface area contributed by atoms with Gasteiger partial charge in [0.15, 0.2) is 5.96 Å². The average Bonchev–Trinajstić information content (AvgIpc) is 3.26. The molecule has 3 rings (SSSR count). The Hall–Kier alpha value is -2.06. The number of likely N-dealkylation sites (tertiary alicyclic amines) is 1. The number of piperazine rings is 1. The van der Waals surface area contributed by atoms with Crippen LogP contribution < -0.4 is 5.32 Å². The van der Waals surface area contributed by atoms with Gasteiger partial charge in [0, 0.05) is 59.3 Å². The number of nitrogens with zero attached hydrogens (tertiary/aromatic N) is 4. The smallest absolute Gasteiger partial charge is 0.236 e. The maximum Gasteiger partial charge on any atom is 0.236 e. The number of carbonyl (C=O) groups excluding carboxylic acids is 1. The zero-order valence-electron chi connectivity index (χ0n) is 19.4. The Morgan fingerprint density at radius 2 is 1.94 bits per heavy atom. The third kappa shape index (κ3) is 7.54. The van der Waals surface area contributed by atoms with Gasteiger partial charge in [-0.2, -0.15) is 0 Å². The molecule has 8 heteroatoms. The molecule has 0 radical (unpaired) electrons. The summed E-state index contributed by atoms with van der Waals surface area (Å²) in [6, 6.07) is 3.90. The van der Waals surface area contributed by atoms with Crippen LogP contribution in [0.15, 0.2) is 27.8 Å². The average molecular weight is 434 g/mol. The fraction of sp³-hybridized carbons (Fsp3) is 0.739. The van der Waals surface area contributed by atoms with Gasteiger partial charge >= 0.3 is 0 Å². The number of rotatable bonds is 8. The van der Waals surface area contributed by atoms with Crippen LogP contribution in [0, 0.1) is 11.8 Å². The molecule has 2 unspecified atom stereocenters. The first-order valence-electron chi connectivity index (χ1n) is 11.6. The number of methoxy groups -OCH3 is 1. The van der Waals surface area contributed by atoms with Gasteiger partial charge in [-0.1, -0.05) is 13.8 Å². The standard InChI is InChI=1S/C23H39N5O3/c1-19-15-20(2)17-28(16-19)22(29)18-26-9-11-27(12-10-26)23(25-8-14-30-3)24-7-6-21-5-4-13-31-21/h4-5,13,19-20H,6-12,14-18H2,1-3H3,(H,24,25). The largest absolute Gasteiger partial charge is 0.469 e. The summed E-state index contributed by atoms with van der Waals surface area (Å²) in [5.41, 5.74) is 0. The Morgan fingerprint density at radius 3 is 2.58 bits per heavy atom. The van der Waals surface area contributed by atoms with E-state index in [0.29, 0.717) is 31.5 Å². The van der Waals surface area contributed by atoms with E-state index in [9.17, 15) is 4.79 Å². The topological polar surface area (TPSA) is 73.5 Å². The molecular weight excluding hydrogens is 394 g/mol. The number of aliphatic imine (C=N–C) groups is 1. The Labute approximate surface area is 186 Å². The van der Waals surface area contributed by atoms with Crippen molar-refractivity contribution in [2.45, 2.75) is 26.7 Å². The zero-order valence-corrected chi connectivity index (χ0v) is 19.4. The van der Waals surface area contributed by atoms with Crippen LogP contribution in [0.25, 0.3) is 0 Å². The van der Waals surface area contributed by atoms with Crippen LogP contribution in [-0.2, 0) is 16.0 Å². The minimum atomic E-state index is 0.275. The molecule has 1 amide bonds. The molecule has 2 atom stereocenters. The van der Waals surface area contributed by atoms with Crippen LogP contribution in [0.1, 0.15) is 26.0 Å². The first-order valence-corrected chi connectivity index (χ1v) is 11.6. The number of nitrogens with one attached hydrogen (secondary N) is 1. The van der Waals surface area contributed by atoms with E-state index in [1.54, 1.807) is 13.4 Å². The molecule has 2 fully saturated rings. The summed E-state index contributed by atoms with van der Waals surface area (Å²) in [7, 11) is 1.69. The summed E-state index contributed by atoms with van der Waals surface area (Å²) < 4.78 is 10.6. The van der Waals surface area contributed by atoms with Crippen molar-refractivity contribution in [2.75, 3.05) is 72.6 Å². The molecule has 1 aromatic rings. The second-order valence-corrected chi connectivity index (χ2v) is 8.96. The van der Waals surface area contributed by atoms with Gasteiger partial charge in [0.05, 0.1) is 26.0 Å². The van der Waals surface area contributed by atoms with E-state index in [1.165, 1.54) is 6.42 Å². The van der Waals surface area contributed by atoms with E-state index >= 15 is 0 Å². The number of guanidine groups is 1. The molecule has 0 spiro atoms. The summed E-state index contributed by atoms with van der Waals surface area (Å²) >= 11 is 0. The number of amides is 1. The molecule has 2 saturated heterocycles. The van der Waals surface area contributed by atoms with Gasteiger partial charge in [0.2, 0.25) is 5.91 Å². The molecular formula is C23H39N5O3. The minimum absolute atomic E-state index is 0.275. The van der Waals surface area contributed by atoms with Crippen molar-refractivity contribution in [1.29, 1.82) is 0 Å². The molecule has 2 aliphatic rings. The van der Waals surface area contributed by atoms with Crippen molar-refractivity contribution < 1.29 is 13.9 Å². The summed E-state index contributed by atoms with van der Waals surface area (Å²) in [6.07, 6.45) is 3.74. The molecule has 1 aromatic heterocycles. The Bertz CT molecular complexity index is 675. The Kier molecular flexibility index (Phi) is 9.21. The van der Waals surface area contributed by atoms with Crippen LogP contribution in [0.2, 0.25) is 0 Å². The van der Waals surface area contributed by atoms with Crippen molar-refractivity contribution in [3.05, 3.63) is 24.2 Å². The number of piperidine rings is 1. The molecule has 174 valence electrons. The highest BCUT2D eigenvalue weighted by Crippen LogP contribution is 2.21. The highest BCUT2D eigenvalue weighted by Gasteiger charge is 2.28. The maximum absolute atomic E-state index is 12.8. The number of hydrogen-bond acceptors (Lipinski definition) is 5. The van der Waals surface area contributed by atoms with Gasteiger partial charge in [-0.05, 0) is 30.4 Å². The molecule has 2 aliphatic heterocycles. The molecule has 31 heavy (non-hydrogen) atoms. The second-order valence-electron chi connectivity index (χ2n) is 8.96. The van der Waals surface area contributed by atoms with Crippen molar-refractivity contribution >= 4 is 11.9 Å². The first kappa shape index (κ1) is 23.6. The number of furan rings is 1. The van der Waals surface area contributed by atoms with Crippen LogP contribution >= 0.6 is 0 Å². The van der Waals surface area contributed by atoms with Gasteiger partial charge in [-0.3, -0.25) is 14.7 Å². The van der Waals surface area contributed by atoms with Crippen molar-refractivity contribution in [3.63, 3.8) is 0 Å². The number of carbonyl (C=O) groups is 1. The normalized spacial score (nSPS) is 23.3. The van der Waals surface area contributed by atoms with E-state index in [4.69, 9.17) is 14.1 Å². The van der Waals surface area contributed by atoms with Gasteiger partial charge in [-0.15, -0.1) is 0 Å². The molecule has 0 bridgehead atoms. The highest BCUT2D eigenvalue weighted by molar-refractivity contribution is 5.80. The summed E-state index contributed by atoms with van der Waals surface area (Å²) in [4.78, 5) is 24.2. The third-order valence-corrected chi connectivity index (χ3v) is 6.04. The first-order chi connectivity index (χ1) is 15.0. The molecule has 0 aliphatic carbocycles. The fourth-order valence-electron chi connectivity index (χ4n) is 4.54. The molecule has 0 saturated carbocycles. The lowest BCUT2D eigenvalue weighted by atomic mass is 9.92. The minimum Gasteiger partial charge on any atom is -0.469 e. The Morgan fingerprint density at radius 1 is 1.19 bits per heavy atom. The van der Waals surface area contributed by atoms with Crippen LogP contribution in [0.4, 0.5) is 0 Å². The number of ether oxygens (including phenoxy) is 1. The zero-order chi connectivity index (χ0) is 22.1. The quantitative estimate of drug-likeness (QED) is 0.381. The SMILES string of the molecule is COCCN=C(NCCc1ccco1)N1CCN(CC(=O)N2CC(C)CC(C)C2)CC1. The van der Waals surface area contributed by atoms with Crippen LogP contribution in [0.3, 0.4) is 0 Å². The fourth-order valence-corrected chi connectivity index (χ4v) is 4.54. The number of hydrogen-bond donors (Lipinski definition) is 1. The predicted molar refractivity (Wildman–Crippen MR) is 122 cm³/mol. The molecule has 3 heterocycles. The Balaban J connectivity index is 1.46. The lowest BCUT2D eigenvalue weighted by Gasteiger charge is -2.39. The van der Waals surface area contributed by atoms with Gasteiger partial charge in [0.25, 0.3) is 0 Å². The monoisotopic (exact) mass is 433 g/mol. The second kappa shape index (κ2) is 12.1. The summed E-state index contributed by atoms with van der Waals surface area (Å²) in [5.74, 6) is 3.35. The van der Waals surface area contributed by atoms with Crippen molar-refractivity contribution in [1.82, 2.24) is 20.0 Å².